The van der Waals surface area contributed by atoms with Crippen LogP contribution in [0.2, 0.25) is 0 Å². The Morgan fingerprint density at radius 3 is 2.62 bits per heavy atom. The third kappa shape index (κ3) is 4.44. The Bertz CT molecular complexity index is 2170. The van der Waals surface area contributed by atoms with Crippen LogP contribution in [-0.2, 0) is 10.5 Å². The molecule has 1 saturated carbocycles. The van der Waals surface area contributed by atoms with Gasteiger partial charge in [-0.2, -0.15) is 5.26 Å². The number of aromatic amines is 1. The summed E-state index contributed by atoms with van der Waals surface area (Å²) in [6.07, 6.45) is 4.71. The molecule has 6 heterocycles. The molecule has 0 radical (unpaired) electrons. The van der Waals surface area contributed by atoms with Crippen molar-refractivity contribution >= 4 is 16.7 Å². The van der Waals surface area contributed by atoms with E-state index in [-0.39, 0.29) is 16.9 Å². The Labute approximate surface area is 276 Å². The Balaban J connectivity index is 0.989. The number of nitrogens with zero attached hydrogens (tertiary/aromatic N) is 6. The molecule has 0 amide bonds. The fraction of sp³-hybridized carbons (Fsp3) is 0.417. The molecular weight excluding hydrogens is 610 g/mol. The van der Waals surface area contributed by atoms with E-state index in [1.165, 1.54) is 0 Å². The summed E-state index contributed by atoms with van der Waals surface area (Å²) in [4.78, 5) is 26.5. The van der Waals surface area contributed by atoms with Gasteiger partial charge in [0.2, 0.25) is 0 Å². The van der Waals surface area contributed by atoms with Crippen molar-refractivity contribution in [2.75, 3.05) is 31.2 Å². The first kappa shape index (κ1) is 29.0. The normalized spacial score (nSPS) is 25.1. The largest absolute Gasteiger partial charge is 0.443 e. The van der Waals surface area contributed by atoms with E-state index >= 15 is 0 Å². The van der Waals surface area contributed by atoms with Gasteiger partial charge in [0.15, 0.2) is 17.3 Å². The Morgan fingerprint density at radius 2 is 1.92 bits per heavy atom. The number of hydrogen-bond acceptors (Lipinski definition) is 10. The number of aromatic nitrogens is 5. The van der Waals surface area contributed by atoms with Crippen LogP contribution in [0.5, 0.6) is 11.5 Å². The van der Waals surface area contributed by atoms with Gasteiger partial charge in [-0.1, -0.05) is 25.1 Å². The Morgan fingerprint density at radius 1 is 1.06 bits per heavy atom. The summed E-state index contributed by atoms with van der Waals surface area (Å²) in [6.45, 7) is 9.48. The molecule has 48 heavy (non-hydrogen) atoms. The van der Waals surface area contributed by atoms with Crippen LogP contribution in [0.3, 0.4) is 0 Å². The maximum atomic E-state index is 11.7. The minimum absolute atomic E-state index is 0.0659. The second-order valence-corrected chi connectivity index (χ2v) is 14.4. The molecule has 12 heteroatoms. The van der Waals surface area contributed by atoms with Crippen LogP contribution < -0.4 is 20.1 Å². The molecule has 2 saturated heterocycles. The molecule has 5 aromatic rings. The summed E-state index contributed by atoms with van der Waals surface area (Å²) in [5.41, 5.74) is 4.96. The Kier molecular flexibility index (Phi) is 6.15. The first-order chi connectivity index (χ1) is 23.2. The first-order valence-electron chi connectivity index (χ1n) is 16.5. The van der Waals surface area contributed by atoms with Gasteiger partial charge in [0.25, 0.3) is 5.79 Å². The van der Waals surface area contributed by atoms with Crippen LogP contribution in [-0.4, -0.2) is 51.0 Å². The third-order valence-electron chi connectivity index (χ3n) is 10.9. The second kappa shape index (κ2) is 10.2. The van der Waals surface area contributed by atoms with E-state index in [0.717, 1.165) is 66.2 Å². The summed E-state index contributed by atoms with van der Waals surface area (Å²) in [5.74, 6) is 1.63. The molecule has 3 fully saturated rings. The van der Waals surface area contributed by atoms with Crippen LogP contribution in [0.4, 0.5) is 5.69 Å². The van der Waals surface area contributed by atoms with Crippen molar-refractivity contribution < 1.29 is 18.7 Å². The molecule has 0 bridgehead atoms. The standard InChI is InChI=1S/C36H35N7O5/c1-34(2)20-45-19-29(34)43-26-15-22(31-40-33(44)48-41-31)8-9-24(26)39-32(43)23-16-36(23)11-13-42(14-12-36)25-5-4-6-27-30(25)47-35(3,46-27)28-10-7-21(17-37)18-38-28/h4-10,15,18,23,29H,11-14,16,19-20H2,1-3H3,(H,40,41,44)/t23-,29+,35-/m0/s1. The smallest absolute Gasteiger partial charge is 0.439 e. The summed E-state index contributed by atoms with van der Waals surface area (Å²) in [6, 6.07) is 17.8. The molecule has 1 spiro atoms. The van der Waals surface area contributed by atoms with Crippen molar-refractivity contribution in [1.29, 1.82) is 5.26 Å². The number of para-hydroxylation sites is 1. The van der Waals surface area contributed by atoms with Crippen LogP contribution >= 0.6 is 0 Å². The van der Waals surface area contributed by atoms with Gasteiger partial charge in [-0.25, -0.2) is 9.78 Å². The van der Waals surface area contributed by atoms with Crippen LogP contribution in [0, 0.1) is 22.2 Å². The lowest BCUT2D eigenvalue weighted by Gasteiger charge is -2.35. The summed E-state index contributed by atoms with van der Waals surface area (Å²) in [5, 5.41) is 13.1. The van der Waals surface area contributed by atoms with Crippen molar-refractivity contribution in [2.24, 2.45) is 10.8 Å². The highest BCUT2D eigenvalue weighted by atomic mass is 16.7. The van der Waals surface area contributed by atoms with Crippen LogP contribution in [0.1, 0.15) is 69.1 Å². The van der Waals surface area contributed by atoms with Crippen LogP contribution in [0.15, 0.2) is 64.0 Å². The van der Waals surface area contributed by atoms with Gasteiger partial charge < -0.3 is 23.7 Å². The zero-order valence-electron chi connectivity index (χ0n) is 27.0. The quantitative estimate of drug-likeness (QED) is 0.254. The molecule has 4 aliphatic rings. The monoisotopic (exact) mass is 645 g/mol. The maximum absolute atomic E-state index is 11.7. The number of H-pyrrole nitrogens is 1. The number of nitrogens with one attached hydrogen (secondary N) is 1. The van der Waals surface area contributed by atoms with Gasteiger partial charge in [0.1, 0.15) is 17.6 Å². The number of ether oxygens (including phenoxy) is 3. The molecule has 3 aromatic heterocycles. The zero-order chi connectivity index (χ0) is 32.8. The number of nitriles is 1. The van der Waals surface area contributed by atoms with Crippen molar-refractivity contribution in [3.05, 3.63) is 82.4 Å². The van der Waals surface area contributed by atoms with E-state index in [1.54, 1.807) is 18.3 Å². The van der Waals surface area contributed by atoms with Gasteiger partial charge in [-0.05, 0) is 67.1 Å². The number of benzene rings is 2. The van der Waals surface area contributed by atoms with E-state index in [1.807, 2.05) is 31.2 Å². The van der Waals surface area contributed by atoms with E-state index in [9.17, 15) is 10.1 Å². The lowest BCUT2D eigenvalue weighted by molar-refractivity contribution is -0.0716. The zero-order valence-corrected chi connectivity index (χ0v) is 27.0. The van der Waals surface area contributed by atoms with Gasteiger partial charge in [0.05, 0.1) is 41.5 Å². The van der Waals surface area contributed by atoms with Gasteiger partial charge in [-0.3, -0.25) is 14.5 Å². The van der Waals surface area contributed by atoms with Crippen molar-refractivity contribution in [1.82, 2.24) is 24.7 Å². The molecule has 2 aromatic carbocycles. The fourth-order valence-electron chi connectivity index (χ4n) is 8.02. The average molecular weight is 646 g/mol. The number of fused-ring (bicyclic) bond motifs is 2. The second-order valence-electron chi connectivity index (χ2n) is 14.4. The maximum Gasteiger partial charge on any atom is 0.439 e. The SMILES string of the molecule is CC1(C)COC[C@H]1n1c([C@@H]2CC23CCN(c2cccc4c2O[C@@](C)(c2ccc(C#N)cn2)O4)CC3)nc2ccc(-c3noc(=O)[nH]3)cc21. The van der Waals surface area contributed by atoms with E-state index < -0.39 is 11.5 Å². The predicted octanol–water partition coefficient (Wildman–Crippen LogP) is 5.66. The number of hydrogen-bond donors (Lipinski definition) is 1. The highest BCUT2D eigenvalue weighted by Gasteiger charge is 2.58. The number of anilines is 1. The molecule has 1 N–H and O–H groups in total. The molecule has 244 valence electrons. The minimum Gasteiger partial charge on any atom is -0.443 e. The van der Waals surface area contributed by atoms with E-state index in [2.05, 4.69) is 56.6 Å². The lowest BCUT2D eigenvalue weighted by Crippen LogP contribution is -2.36. The fourth-order valence-corrected chi connectivity index (χ4v) is 8.02. The molecule has 1 aliphatic carbocycles. The Hall–Kier alpha value is -5.15. The number of rotatable bonds is 5. The van der Waals surface area contributed by atoms with Crippen molar-refractivity contribution in [3.8, 4) is 29.0 Å². The summed E-state index contributed by atoms with van der Waals surface area (Å²) in [7, 11) is 0. The van der Waals surface area contributed by atoms with Crippen molar-refractivity contribution in [2.45, 2.75) is 57.8 Å². The number of piperidine rings is 1. The lowest BCUT2D eigenvalue weighted by atomic mass is 9.87. The number of imidazole rings is 1. The van der Waals surface area contributed by atoms with E-state index in [4.69, 9.17) is 23.7 Å². The molecule has 3 atom stereocenters. The molecule has 9 rings (SSSR count). The van der Waals surface area contributed by atoms with Gasteiger partial charge in [0, 0.05) is 43.1 Å². The first-order valence-corrected chi connectivity index (χ1v) is 16.5. The highest BCUT2D eigenvalue weighted by Crippen LogP contribution is 2.66. The summed E-state index contributed by atoms with van der Waals surface area (Å²) < 4.78 is 26.1. The van der Waals surface area contributed by atoms with Crippen molar-refractivity contribution in [3.63, 3.8) is 0 Å². The average Bonchev–Trinajstić information content (AvgIpc) is 3.51. The third-order valence-corrected chi connectivity index (χ3v) is 10.9. The number of pyridine rings is 1. The van der Waals surface area contributed by atoms with Gasteiger partial charge in [-0.15, -0.1) is 0 Å². The molecular formula is C36H35N7O5. The van der Waals surface area contributed by atoms with E-state index in [0.29, 0.717) is 42.0 Å². The van der Waals surface area contributed by atoms with Crippen LogP contribution in [0.25, 0.3) is 22.4 Å². The molecule has 0 unspecified atom stereocenters. The predicted molar refractivity (Wildman–Crippen MR) is 175 cm³/mol. The molecule has 12 nitrogen and oxygen atoms in total. The highest BCUT2D eigenvalue weighted by molar-refractivity contribution is 5.82. The summed E-state index contributed by atoms with van der Waals surface area (Å²) >= 11 is 0. The minimum atomic E-state index is -1.08. The topological polar surface area (TPSA) is 144 Å². The molecule has 3 aliphatic heterocycles. The van der Waals surface area contributed by atoms with Gasteiger partial charge >= 0.3 is 5.76 Å².